The van der Waals surface area contributed by atoms with E-state index in [1.54, 1.807) is 19.2 Å². The number of amides is 2. The van der Waals surface area contributed by atoms with Crippen molar-refractivity contribution < 1.29 is 9.53 Å². The third-order valence-electron chi connectivity index (χ3n) is 3.89. The quantitative estimate of drug-likeness (QED) is 0.829. The number of anilines is 2. The molecule has 0 bridgehead atoms. The molecule has 0 saturated heterocycles. The van der Waals surface area contributed by atoms with Gasteiger partial charge in [-0.25, -0.2) is 4.79 Å². The Bertz CT molecular complexity index is 718. The number of methoxy groups -OCH3 is 1. The van der Waals surface area contributed by atoms with E-state index >= 15 is 0 Å². The Balaban J connectivity index is 1.53. The third kappa shape index (κ3) is 4.07. The molecular formula is C19H21N3O2. The molecule has 1 heterocycles. The van der Waals surface area contributed by atoms with Crippen molar-refractivity contribution in [2.75, 3.05) is 30.4 Å². The van der Waals surface area contributed by atoms with E-state index in [1.165, 1.54) is 5.69 Å². The highest BCUT2D eigenvalue weighted by atomic mass is 16.5. The van der Waals surface area contributed by atoms with Gasteiger partial charge in [-0.1, -0.05) is 24.3 Å². The van der Waals surface area contributed by atoms with Crippen molar-refractivity contribution in [3.8, 4) is 5.75 Å². The van der Waals surface area contributed by atoms with E-state index in [9.17, 15) is 4.79 Å². The van der Waals surface area contributed by atoms with Crippen LogP contribution in [0.5, 0.6) is 5.75 Å². The first kappa shape index (κ1) is 15.9. The lowest BCUT2D eigenvalue weighted by Gasteiger charge is -2.18. The molecule has 1 aliphatic heterocycles. The van der Waals surface area contributed by atoms with Gasteiger partial charge in [0.05, 0.1) is 7.11 Å². The van der Waals surface area contributed by atoms with Gasteiger partial charge in [-0.3, -0.25) is 0 Å². The highest BCUT2D eigenvalue weighted by molar-refractivity contribution is 5.89. The smallest absolute Gasteiger partial charge is 0.319 e. The normalized spacial score (nSPS) is 13.0. The predicted octanol–water partition coefficient (Wildman–Crippen LogP) is 3.39. The summed E-state index contributed by atoms with van der Waals surface area (Å²) in [4.78, 5) is 14.3. The maximum atomic E-state index is 12.0. The summed E-state index contributed by atoms with van der Waals surface area (Å²) in [6, 6.07) is 15.2. The standard InChI is InChI=1S/C19H21N3O2/c1-24-18-9-7-16(8-10-18)21-19(23)20-14-15-5-4-6-17(13-15)22-11-2-3-12-22/h2-10,13H,11-12,14H2,1H3,(H2,20,21,23). The van der Waals surface area contributed by atoms with Crippen LogP contribution in [0.25, 0.3) is 0 Å². The van der Waals surface area contributed by atoms with Crippen molar-refractivity contribution >= 4 is 17.4 Å². The Kier molecular flexibility index (Phi) is 5.01. The first-order valence-electron chi connectivity index (χ1n) is 7.92. The second-order valence-corrected chi connectivity index (χ2v) is 5.58. The molecule has 2 aromatic carbocycles. The molecular weight excluding hydrogens is 302 g/mol. The summed E-state index contributed by atoms with van der Waals surface area (Å²) < 4.78 is 5.10. The van der Waals surface area contributed by atoms with Crippen LogP contribution in [0.1, 0.15) is 5.56 Å². The molecule has 2 aromatic rings. The van der Waals surface area contributed by atoms with Crippen LogP contribution in [0.2, 0.25) is 0 Å². The average molecular weight is 323 g/mol. The summed E-state index contributed by atoms with van der Waals surface area (Å²) in [7, 11) is 1.61. The van der Waals surface area contributed by atoms with E-state index in [0.29, 0.717) is 6.54 Å². The van der Waals surface area contributed by atoms with Crippen molar-refractivity contribution in [3.05, 3.63) is 66.2 Å². The lowest BCUT2D eigenvalue weighted by atomic mass is 10.2. The molecule has 0 radical (unpaired) electrons. The van der Waals surface area contributed by atoms with E-state index in [2.05, 4.69) is 39.8 Å². The van der Waals surface area contributed by atoms with Crippen LogP contribution >= 0.6 is 0 Å². The molecule has 2 amide bonds. The Morgan fingerprint density at radius 3 is 2.58 bits per heavy atom. The van der Waals surface area contributed by atoms with Crippen molar-refractivity contribution in [1.82, 2.24) is 5.32 Å². The molecule has 0 unspecified atom stereocenters. The molecule has 5 nitrogen and oxygen atoms in total. The minimum atomic E-state index is -0.228. The molecule has 3 rings (SSSR count). The Morgan fingerprint density at radius 1 is 1.12 bits per heavy atom. The minimum absolute atomic E-state index is 0.228. The molecule has 5 heteroatoms. The van der Waals surface area contributed by atoms with Crippen LogP contribution in [0.3, 0.4) is 0 Å². The Morgan fingerprint density at radius 2 is 1.88 bits per heavy atom. The van der Waals surface area contributed by atoms with Crippen molar-refractivity contribution in [3.63, 3.8) is 0 Å². The Labute approximate surface area is 141 Å². The fourth-order valence-corrected chi connectivity index (χ4v) is 2.58. The lowest BCUT2D eigenvalue weighted by Crippen LogP contribution is -2.28. The van der Waals surface area contributed by atoms with E-state index in [1.807, 2.05) is 24.3 Å². The number of carbonyl (C=O) groups excluding carboxylic acids is 1. The number of rotatable bonds is 5. The summed E-state index contributed by atoms with van der Waals surface area (Å²) >= 11 is 0. The van der Waals surface area contributed by atoms with Gasteiger partial charge >= 0.3 is 6.03 Å². The van der Waals surface area contributed by atoms with Crippen LogP contribution in [0.15, 0.2) is 60.7 Å². The molecule has 1 aliphatic rings. The molecule has 0 spiro atoms. The first-order valence-corrected chi connectivity index (χ1v) is 7.92. The van der Waals surface area contributed by atoms with E-state index in [-0.39, 0.29) is 6.03 Å². The first-order chi connectivity index (χ1) is 11.7. The number of benzene rings is 2. The third-order valence-corrected chi connectivity index (χ3v) is 3.89. The number of carbonyl (C=O) groups is 1. The van der Waals surface area contributed by atoms with Gasteiger partial charge in [-0.05, 0) is 42.0 Å². The predicted molar refractivity (Wildman–Crippen MR) is 96.6 cm³/mol. The zero-order chi connectivity index (χ0) is 16.8. The van der Waals surface area contributed by atoms with Gasteiger partial charge in [-0.2, -0.15) is 0 Å². The van der Waals surface area contributed by atoms with Crippen molar-refractivity contribution in [2.24, 2.45) is 0 Å². The zero-order valence-corrected chi connectivity index (χ0v) is 13.7. The highest BCUT2D eigenvalue weighted by Crippen LogP contribution is 2.18. The largest absolute Gasteiger partial charge is 0.497 e. The van der Waals surface area contributed by atoms with E-state index in [0.717, 1.165) is 30.1 Å². The zero-order valence-electron chi connectivity index (χ0n) is 13.7. The molecule has 0 fully saturated rings. The van der Waals surface area contributed by atoms with Crippen LogP contribution in [0, 0.1) is 0 Å². The van der Waals surface area contributed by atoms with Crippen LogP contribution in [0.4, 0.5) is 16.2 Å². The van der Waals surface area contributed by atoms with Gasteiger partial charge in [0.25, 0.3) is 0 Å². The molecule has 0 aliphatic carbocycles. The molecule has 24 heavy (non-hydrogen) atoms. The summed E-state index contributed by atoms with van der Waals surface area (Å²) in [5.74, 6) is 0.758. The van der Waals surface area contributed by atoms with Gasteiger partial charge < -0.3 is 20.3 Å². The fourth-order valence-electron chi connectivity index (χ4n) is 2.58. The number of hydrogen-bond acceptors (Lipinski definition) is 3. The molecule has 0 aromatic heterocycles. The minimum Gasteiger partial charge on any atom is -0.497 e. The van der Waals surface area contributed by atoms with E-state index < -0.39 is 0 Å². The van der Waals surface area contributed by atoms with Crippen LogP contribution < -0.4 is 20.3 Å². The number of nitrogens with one attached hydrogen (secondary N) is 2. The van der Waals surface area contributed by atoms with Crippen LogP contribution in [-0.2, 0) is 6.54 Å². The summed E-state index contributed by atoms with van der Waals surface area (Å²) in [5.41, 5.74) is 2.98. The van der Waals surface area contributed by atoms with Crippen molar-refractivity contribution in [1.29, 1.82) is 0 Å². The highest BCUT2D eigenvalue weighted by Gasteiger charge is 2.08. The summed E-state index contributed by atoms with van der Waals surface area (Å²) in [6.07, 6.45) is 4.32. The lowest BCUT2D eigenvalue weighted by molar-refractivity contribution is 0.251. The number of urea groups is 1. The van der Waals surface area contributed by atoms with E-state index in [4.69, 9.17) is 4.74 Å². The monoisotopic (exact) mass is 323 g/mol. The maximum Gasteiger partial charge on any atom is 0.319 e. The van der Waals surface area contributed by atoms with Gasteiger partial charge in [0, 0.05) is 31.0 Å². The summed E-state index contributed by atoms with van der Waals surface area (Å²) in [6.45, 7) is 2.36. The van der Waals surface area contributed by atoms with Gasteiger partial charge in [-0.15, -0.1) is 0 Å². The maximum absolute atomic E-state index is 12.0. The second kappa shape index (κ2) is 7.55. The number of ether oxygens (including phenoxy) is 1. The summed E-state index contributed by atoms with van der Waals surface area (Å²) in [5, 5.41) is 5.69. The SMILES string of the molecule is COc1ccc(NC(=O)NCc2cccc(N3CC=CC3)c2)cc1. The van der Waals surface area contributed by atoms with Gasteiger partial charge in [0.1, 0.15) is 5.75 Å². The second-order valence-electron chi connectivity index (χ2n) is 5.58. The number of hydrogen-bond donors (Lipinski definition) is 2. The molecule has 124 valence electrons. The molecule has 0 atom stereocenters. The van der Waals surface area contributed by atoms with Gasteiger partial charge in [0.15, 0.2) is 0 Å². The fraction of sp³-hybridized carbons (Fsp3) is 0.211. The van der Waals surface area contributed by atoms with Crippen molar-refractivity contribution in [2.45, 2.75) is 6.54 Å². The molecule has 0 saturated carbocycles. The van der Waals surface area contributed by atoms with Gasteiger partial charge in [0.2, 0.25) is 0 Å². The molecule has 2 N–H and O–H groups in total. The van der Waals surface area contributed by atoms with Crippen LogP contribution in [-0.4, -0.2) is 26.2 Å². The Hall–Kier alpha value is -2.95. The average Bonchev–Trinajstić information content (AvgIpc) is 3.16. The number of nitrogens with zero attached hydrogens (tertiary/aromatic N) is 1. The topological polar surface area (TPSA) is 53.6 Å².